The van der Waals surface area contributed by atoms with Gasteiger partial charge in [0.15, 0.2) is 0 Å². The molecule has 0 fully saturated rings. The Morgan fingerprint density at radius 1 is 0.905 bits per heavy atom. The number of carboxylic acids is 2. The van der Waals surface area contributed by atoms with Crippen LogP contribution in [-0.4, -0.2) is 22.2 Å². The van der Waals surface area contributed by atoms with Crippen molar-refractivity contribution in [3.05, 3.63) is 58.1 Å². The van der Waals surface area contributed by atoms with Crippen molar-refractivity contribution >= 4 is 11.9 Å². The fourth-order valence-corrected chi connectivity index (χ4v) is 2.68. The number of rotatable bonds is 3. The Labute approximate surface area is 122 Å². The van der Waals surface area contributed by atoms with Gasteiger partial charge in [-0.15, -0.1) is 0 Å². The maximum absolute atomic E-state index is 11.5. The fraction of sp³-hybridized carbons (Fsp3) is 0.176. The zero-order valence-corrected chi connectivity index (χ0v) is 12.1. The first-order valence-corrected chi connectivity index (χ1v) is 6.51. The lowest BCUT2D eigenvalue weighted by Crippen LogP contribution is -2.10. The van der Waals surface area contributed by atoms with E-state index in [1.165, 1.54) is 6.07 Å². The second-order valence-electron chi connectivity index (χ2n) is 5.04. The maximum Gasteiger partial charge on any atom is 0.336 e. The van der Waals surface area contributed by atoms with Crippen LogP contribution in [0.2, 0.25) is 0 Å². The molecule has 0 atom stereocenters. The molecule has 0 aliphatic carbocycles. The monoisotopic (exact) mass is 284 g/mol. The molecule has 2 rings (SSSR count). The topological polar surface area (TPSA) is 74.6 Å². The highest BCUT2D eigenvalue weighted by Gasteiger charge is 2.22. The standard InChI is InChI=1S/C17H16O4/c1-9-6-4-5-7-12(9)15-11(3)14(17(20)21)10(2)8-13(15)16(18)19/h4-8H,1-3H3,(H,18,19)(H,20,21). The first-order valence-electron chi connectivity index (χ1n) is 6.51. The molecule has 21 heavy (non-hydrogen) atoms. The average molecular weight is 284 g/mol. The number of carboxylic acid groups (broad SMARTS) is 2. The molecule has 4 nitrogen and oxygen atoms in total. The summed E-state index contributed by atoms with van der Waals surface area (Å²) in [6.07, 6.45) is 0. The summed E-state index contributed by atoms with van der Waals surface area (Å²) in [5.41, 5.74) is 3.35. The van der Waals surface area contributed by atoms with E-state index in [2.05, 4.69) is 0 Å². The molecule has 108 valence electrons. The highest BCUT2D eigenvalue weighted by molar-refractivity contribution is 6.02. The van der Waals surface area contributed by atoms with Crippen LogP contribution in [-0.2, 0) is 0 Å². The first-order chi connectivity index (χ1) is 9.84. The lowest BCUT2D eigenvalue weighted by atomic mass is 9.87. The molecular weight excluding hydrogens is 268 g/mol. The molecule has 0 spiro atoms. The third kappa shape index (κ3) is 2.52. The van der Waals surface area contributed by atoms with Crippen LogP contribution in [0.1, 0.15) is 37.4 Å². The van der Waals surface area contributed by atoms with Crippen molar-refractivity contribution in [2.75, 3.05) is 0 Å². The molecule has 2 N–H and O–H groups in total. The van der Waals surface area contributed by atoms with Crippen LogP contribution in [0.15, 0.2) is 30.3 Å². The van der Waals surface area contributed by atoms with E-state index in [9.17, 15) is 19.8 Å². The normalized spacial score (nSPS) is 10.4. The van der Waals surface area contributed by atoms with Crippen LogP contribution in [0.3, 0.4) is 0 Å². The van der Waals surface area contributed by atoms with Crippen molar-refractivity contribution in [3.8, 4) is 11.1 Å². The summed E-state index contributed by atoms with van der Waals surface area (Å²) >= 11 is 0. The molecule has 0 radical (unpaired) electrons. The first kappa shape index (κ1) is 14.8. The Morgan fingerprint density at radius 2 is 1.52 bits per heavy atom. The summed E-state index contributed by atoms with van der Waals surface area (Å²) in [5.74, 6) is -2.10. The van der Waals surface area contributed by atoms with Crippen LogP contribution < -0.4 is 0 Å². The van der Waals surface area contributed by atoms with Crippen LogP contribution in [0.5, 0.6) is 0 Å². The van der Waals surface area contributed by atoms with E-state index in [0.29, 0.717) is 16.7 Å². The maximum atomic E-state index is 11.5. The zero-order valence-electron chi connectivity index (χ0n) is 12.1. The molecule has 2 aromatic carbocycles. The Balaban J connectivity index is 2.92. The van der Waals surface area contributed by atoms with Gasteiger partial charge >= 0.3 is 11.9 Å². The van der Waals surface area contributed by atoms with Crippen molar-refractivity contribution in [1.82, 2.24) is 0 Å². The predicted molar refractivity (Wildman–Crippen MR) is 80.0 cm³/mol. The molecule has 0 saturated carbocycles. The lowest BCUT2D eigenvalue weighted by Gasteiger charge is -2.16. The fourth-order valence-electron chi connectivity index (χ4n) is 2.68. The molecule has 0 saturated heterocycles. The number of aryl methyl sites for hydroxylation is 2. The number of hydrogen-bond acceptors (Lipinski definition) is 2. The van der Waals surface area contributed by atoms with Crippen LogP contribution in [0.25, 0.3) is 11.1 Å². The molecule has 0 aromatic heterocycles. The van der Waals surface area contributed by atoms with Crippen molar-refractivity contribution < 1.29 is 19.8 Å². The van der Waals surface area contributed by atoms with Crippen LogP contribution >= 0.6 is 0 Å². The van der Waals surface area contributed by atoms with Gasteiger partial charge in [-0.05, 0) is 49.1 Å². The van der Waals surface area contributed by atoms with E-state index in [1.807, 2.05) is 31.2 Å². The van der Waals surface area contributed by atoms with Gasteiger partial charge in [-0.25, -0.2) is 9.59 Å². The summed E-state index contributed by atoms with van der Waals surface area (Å²) in [4.78, 5) is 23.0. The quantitative estimate of drug-likeness (QED) is 0.901. The Kier molecular flexibility index (Phi) is 3.80. The van der Waals surface area contributed by atoms with E-state index in [-0.39, 0.29) is 11.1 Å². The van der Waals surface area contributed by atoms with Crippen molar-refractivity contribution in [1.29, 1.82) is 0 Å². The number of benzene rings is 2. The lowest BCUT2D eigenvalue weighted by molar-refractivity contribution is 0.0680. The Morgan fingerprint density at radius 3 is 2.05 bits per heavy atom. The molecule has 2 aromatic rings. The Hall–Kier alpha value is -2.62. The van der Waals surface area contributed by atoms with Crippen LogP contribution in [0.4, 0.5) is 0 Å². The zero-order chi connectivity index (χ0) is 15.7. The van der Waals surface area contributed by atoms with Crippen LogP contribution in [0, 0.1) is 20.8 Å². The molecule has 0 aliphatic rings. The highest BCUT2D eigenvalue weighted by atomic mass is 16.4. The summed E-state index contributed by atoms with van der Waals surface area (Å²) in [5, 5.41) is 18.8. The van der Waals surface area contributed by atoms with E-state index >= 15 is 0 Å². The number of aromatic carboxylic acids is 2. The minimum atomic E-state index is -1.06. The van der Waals surface area contributed by atoms with Crippen molar-refractivity contribution in [2.45, 2.75) is 20.8 Å². The van der Waals surface area contributed by atoms with Gasteiger partial charge in [0.05, 0.1) is 11.1 Å². The van der Waals surface area contributed by atoms with Gasteiger partial charge in [0.1, 0.15) is 0 Å². The minimum Gasteiger partial charge on any atom is -0.478 e. The van der Waals surface area contributed by atoms with Gasteiger partial charge in [0, 0.05) is 5.56 Å². The van der Waals surface area contributed by atoms with Gasteiger partial charge < -0.3 is 10.2 Å². The van der Waals surface area contributed by atoms with E-state index in [4.69, 9.17) is 0 Å². The van der Waals surface area contributed by atoms with Gasteiger partial charge in [-0.3, -0.25) is 0 Å². The minimum absolute atomic E-state index is 0.129. The molecule has 0 bridgehead atoms. The second kappa shape index (κ2) is 5.40. The van der Waals surface area contributed by atoms with E-state index in [0.717, 1.165) is 11.1 Å². The largest absolute Gasteiger partial charge is 0.478 e. The second-order valence-corrected chi connectivity index (χ2v) is 5.04. The van der Waals surface area contributed by atoms with Crippen molar-refractivity contribution in [3.63, 3.8) is 0 Å². The number of hydrogen-bond donors (Lipinski definition) is 2. The molecule has 0 aliphatic heterocycles. The molecular formula is C17H16O4. The predicted octanol–water partition coefficient (Wildman–Crippen LogP) is 3.68. The summed E-state index contributed by atoms with van der Waals surface area (Å²) < 4.78 is 0. The molecule has 0 unspecified atom stereocenters. The van der Waals surface area contributed by atoms with Gasteiger partial charge in [-0.2, -0.15) is 0 Å². The highest BCUT2D eigenvalue weighted by Crippen LogP contribution is 2.33. The smallest absolute Gasteiger partial charge is 0.336 e. The number of carbonyl (C=O) groups is 2. The Bertz CT molecular complexity index is 745. The van der Waals surface area contributed by atoms with Crippen molar-refractivity contribution in [2.24, 2.45) is 0 Å². The molecule has 0 amide bonds. The van der Waals surface area contributed by atoms with E-state index in [1.54, 1.807) is 13.8 Å². The van der Waals surface area contributed by atoms with Gasteiger partial charge in [0.25, 0.3) is 0 Å². The summed E-state index contributed by atoms with van der Waals surface area (Å²) in [7, 11) is 0. The molecule has 4 heteroatoms. The SMILES string of the molecule is Cc1ccccc1-c1c(C(=O)O)cc(C)c(C(=O)O)c1C. The van der Waals surface area contributed by atoms with Gasteiger partial charge in [0.2, 0.25) is 0 Å². The summed E-state index contributed by atoms with van der Waals surface area (Å²) in [6, 6.07) is 8.79. The molecule has 0 heterocycles. The summed E-state index contributed by atoms with van der Waals surface area (Å²) in [6.45, 7) is 5.15. The third-order valence-corrected chi connectivity index (χ3v) is 3.63. The van der Waals surface area contributed by atoms with Gasteiger partial charge in [-0.1, -0.05) is 24.3 Å². The van der Waals surface area contributed by atoms with E-state index < -0.39 is 11.9 Å². The average Bonchev–Trinajstić information content (AvgIpc) is 2.39. The third-order valence-electron chi connectivity index (χ3n) is 3.63.